The number of hydrogen-bond donors (Lipinski definition) is 2. The largest absolute Gasteiger partial charge is 0.385 e. The molecule has 92 valence electrons. The van der Waals surface area contributed by atoms with E-state index in [9.17, 15) is 17.2 Å². The maximum absolute atomic E-state index is 12.6. The highest BCUT2D eigenvalue weighted by Crippen LogP contribution is 2.09. The lowest BCUT2D eigenvalue weighted by molar-refractivity contribution is 0.0170. The molecule has 0 unspecified atom stereocenters. The van der Waals surface area contributed by atoms with E-state index in [0.717, 1.165) is 0 Å². The van der Waals surface area contributed by atoms with Gasteiger partial charge in [0, 0.05) is 13.7 Å². The first kappa shape index (κ1) is 14.7. The third kappa shape index (κ3) is 7.60. The predicted octanol–water partition coefficient (Wildman–Crippen LogP) is -0.464. The van der Waals surface area contributed by atoms with E-state index in [-0.39, 0.29) is 18.8 Å². The summed E-state index contributed by atoms with van der Waals surface area (Å²) in [5, 5.41) is 0. The van der Waals surface area contributed by atoms with Crippen LogP contribution in [0, 0.1) is 0 Å². The molecule has 8 heteroatoms. The van der Waals surface area contributed by atoms with E-state index in [4.69, 9.17) is 5.73 Å². The van der Waals surface area contributed by atoms with Crippen LogP contribution in [0.15, 0.2) is 0 Å². The highest BCUT2D eigenvalue weighted by Gasteiger charge is 2.28. The van der Waals surface area contributed by atoms with Gasteiger partial charge in [-0.1, -0.05) is 0 Å². The highest BCUT2D eigenvalue weighted by atomic mass is 32.2. The van der Waals surface area contributed by atoms with Crippen LogP contribution < -0.4 is 10.5 Å². The summed E-state index contributed by atoms with van der Waals surface area (Å²) in [5.74, 6) is -3.43. The zero-order chi connectivity index (χ0) is 11.9. The Hall–Kier alpha value is -0.310. The highest BCUT2D eigenvalue weighted by molar-refractivity contribution is 7.89. The van der Waals surface area contributed by atoms with E-state index >= 15 is 0 Å². The van der Waals surface area contributed by atoms with E-state index in [2.05, 4.69) is 4.74 Å². The van der Waals surface area contributed by atoms with Crippen LogP contribution in [0.2, 0.25) is 0 Å². The second-order valence-electron chi connectivity index (χ2n) is 3.05. The van der Waals surface area contributed by atoms with Crippen molar-refractivity contribution in [1.82, 2.24) is 4.72 Å². The van der Waals surface area contributed by atoms with E-state index in [1.807, 2.05) is 0 Å². The van der Waals surface area contributed by atoms with Gasteiger partial charge in [0.25, 0.3) is 5.92 Å². The third-order valence-electron chi connectivity index (χ3n) is 1.61. The van der Waals surface area contributed by atoms with Gasteiger partial charge in [-0.15, -0.1) is 0 Å². The summed E-state index contributed by atoms with van der Waals surface area (Å²) in [6, 6.07) is 0. The lowest BCUT2D eigenvalue weighted by atomic mass is 10.3. The number of alkyl halides is 2. The Morgan fingerprint density at radius 1 is 1.47 bits per heavy atom. The minimum absolute atomic E-state index is 0.235. The number of rotatable bonds is 8. The molecule has 0 saturated heterocycles. The molecule has 3 N–H and O–H groups in total. The summed E-state index contributed by atoms with van der Waals surface area (Å²) in [5.41, 5.74) is 4.75. The van der Waals surface area contributed by atoms with E-state index in [1.165, 1.54) is 7.11 Å². The lowest BCUT2D eigenvalue weighted by Crippen LogP contribution is -2.42. The summed E-state index contributed by atoms with van der Waals surface area (Å²) >= 11 is 0. The molecule has 0 aromatic rings. The molecule has 0 spiro atoms. The number of nitrogens with two attached hydrogens (primary N) is 1. The molecule has 0 saturated carbocycles. The Kier molecular flexibility index (Phi) is 6.18. The number of ether oxygens (including phenoxy) is 1. The van der Waals surface area contributed by atoms with Gasteiger partial charge in [-0.25, -0.2) is 21.9 Å². The normalized spacial score (nSPS) is 13.1. The SMILES string of the molecule is COCCCS(=O)(=O)NCC(F)(F)CN. The first-order valence-corrected chi connectivity index (χ1v) is 6.02. The molecule has 0 heterocycles. The monoisotopic (exact) mass is 246 g/mol. The molecule has 0 aromatic heterocycles. The fraction of sp³-hybridized carbons (Fsp3) is 1.00. The van der Waals surface area contributed by atoms with Gasteiger partial charge in [0.1, 0.15) is 0 Å². The van der Waals surface area contributed by atoms with Crippen molar-refractivity contribution >= 4 is 10.0 Å². The van der Waals surface area contributed by atoms with Crippen molar-refractivity contribution in [1.29, 1.82) is 0 Å². The molecule has 0 bridgehead atoms. The molecule has 0 atom stereocenters. The maximum Gasteiger partial charge on any atom is 0.273 e. The maximum atomic E-state index is 12.6. The number of sulfonamides is 1. The Bertz CT molecular complexity index is 269. The van der Waals surface area contributed by atoms with Gasteiger partial charge in [0.2, 0.25) is 10.0 Å². The van der Waals surface area contributed by atoms with Gasteiger partial charge in [0.15, 0.2) is 0 Å². The molecule has 0 radical (unpaired) electrons. The predicted molar refractivity (Wildman–Crippen MR) is 52.3 cm³/mol. The Balaban J connectivity index is 3.94. The minimum atomic E-state index is -3.66. The summed E-state index contributed by atoms with van der Waals surface area (Å²) < 4.78 is 53.9. The van der Waals surface area contributed by atoms with Crippen molar-refractivity contribution in [2.45, 2.75) is 12.3 Å². The summed E-state index contributed by atoms with van der Waals surface area (Å²) in [6.45, 7) is -1.57. The van der Waals surface area contributed by atoms with Crippen LogP contribution in [0.25, 0.3) is 0 Å². The Morgan fingerprint density at radius 3 is 2.53 bits per heavy atom. The van der Waals surface area contributed by atoms with Crippen molar-refractivity contribution < 1.29 is 21.9 Å². The zero-order valence-electron chi connectivity index (χ0n) is 8.50. The molecule has 0 amide bonds. The van der Waals surface area contributed by atoms with Crippen molar-refractivity contribution in [3.8, 4) is 0 Å². The summed E-state index contributed by atoms with van der Waals surface area (Å²) in [6.07, 6.45) is 0.264. The van der Waals surface area contributed by atoms with Crippen molar-refractivity contribution in [3.05, 3.63) is 0 Å². The van der Waals surface area contributed by atoms with Gasteiger partial charge in [-0.05, 0) is 6.42 Å². The molecular weight excluding hydrogens is 230 g/mol. The van der Waals surface area contributed by atoms with E-state index in [0.29, 0.717) is 0 Å². The zero-order valence-corrected chi connectivity index (χ0v) is 9.32. The molecule has 5 nitrogen and oxygen atoms in total. The van der Waals surface area contributed by atoms with Gasteiger partial charge < -0.3 is 10.5 Å². The summed E-state index contributed by atoms with van der Waals surface area (Å²) in [7, 11) is -2.23. The van der Waals surface area contributed by atoms with Crippen molar-refractivity contribution in [3.63, 3.8) is 0 Å². The van der Waals surface area contributed by atoms with Crippen LogP contribution in [0.1, 0.15) is 6.42 Å². The topological polar surface area (TPSA) is 81.4 Å². The number of hydrogen-bond acceptors (Lipinski definition) is 4. The van der Waals surface area contributed by atoms with Crippen LogP contribution in [0.5, 0.6) is 0 Å². The van der Waals surface area contributed by atoms with Crippen LogP contribution in [-0.4, -0.2) is 46.9 Å². The molecule has 15 heavy (non-hydrogen) atoms. The fourth-order valence-electron chi connectivity index (χ4n) is 0.753. The molecule has 0 rings (SSSR count). The quantitative estimate of drug-likeness (QED) is 0.568. The third-order valence-corrected chi connectivity index (χ3v) is 3.02. The van der Waals surface area contributed by atoms with Gasteiger partial charge in [0.05, 0.1) is 18.8 Å². The van der Waals surface area contributed by atoms with Crippen LogP contribution in [0.3, 0.4) is 0 Å². The first-order valence-electron chi connectivity index (χ1n) is 4.37. The smallest absolute Gasteiger partial charge is 0.273 e. The second kappa shape index (κ2) is 6.31. The standard InChI is InChI=1S/C7H16F2N2O3S/c1-14-3-2-4-15(12,13)11-6-7(8,9)5-10/h11H,2-6,10H2,1H3. The molecular formula is C7H16F2N2O3S. The Morgan fingerprint density at radius 2 is 2.07 bits per heavy atom. The number of halogens is 2. The second-order valence-corrected chi connectivity index (χ2v) is 4.97. The van der Waals surface area contributed by atoms with Gasteiger partial charge >= 0.3 is 0 Å². The Labute approximate surface area is 88.0 Å². The minimum Gasteiger partial charge on any atom is -0.385 e. The van der Waals surface area contributed by atoms with Crippen LogP contribution >= 0.6 is 0 Å². The summed E-state index contributed by atoms with van der Waals surface area (Å²) in [4.78, 5) is 0. The average molecular weight is 246 g/mol. The molecule has 0 fully saturated rings. The molecule has 0 aromatic carbocycles. The van der Waals surface area contributed by atoms with Crippen LogP contribution in [-0.2, 0) is 14.8 Å². The number of methoxy groups -OCH3 is 1. The lowest BCUT2D eigenvalue weighted by Gasteiger charge is -2.14. The average Bonchev–Trinajstić information content (AvgIpc) is 2.16. The molecule has 0 aliphatic heterocycles. The molecule has 0 aliphatic rings. The van der Waals surface area contributed by atoms with Crippen molar-refractivity contribution in [2.75, 3.05) is 32.6 Å². The van der Waals surface area contributed by atoms with Gasteiger partial charge in [-0.2, -0.15) is 0 Å². The fourth-order valence-corrected chi connectivity index (χ4v) is 1.83. The van der Waals surface area contributed by atoms with Crippen molar-refractivity contribution in [2.24, 2.45) is 5.73 Å². The first-order chi connectivity index (χ1) is 6.83. The van der Waals surface area contributed by atoms with E-state index in [1.54, 1.807) is 4.72 Å². The van der Waals surface area contributed by atoms with Gasteiger partial charge in [-0.3, -0.25) is 0 Å². The molecule has 0 aliphatic carbocycles. The van der Waals surface area contributed by atoms with Crippen LogP contribution in [0.4, 0.5) is 8.78 Å². The van der Waals surface area contributed by atoms with E-state index < -0.39 is 29.0 Å². The number of nitrogens with one attached hydrogen (secondary N) is 1.